The van der Waals surface area contributed by atoms with Crippen LogP contribution in [0.1, 0.15) is 25.1 Å². The van der Waals surface area contributed by atoms with Gasteiger partial charge in [-0.15, -0.1) is 0 Å². The number of nitrogens with one attached hydrogen (secondary N) is 1. The zero-order valence-corrected chi connectivity index (χ0v) is 26.6. The predicted octanol–water partition coefficient (Wildman–Crippen LogP) is 7.09. The van der Waals surface area contributed by atoms with Gasteiger partial charge in [0.05, 0.1) is 31.0 Å². The first-order chi connectivity index (χ1) is 21.1. The molecule has 1 heterocycles. The van der Waals surface area contributed by atoms with Crippen LogP contribution in [0.3, 0.4) is 0 Å². The number of hydrogen-bond acceptors (Lipinski definition) is 6. The summed E-state index contributed by atoms with van der Waals surface area (Å²) in [4.78, 5) is 4.92. The molecule has 0 spiro atoms. The van der Waals surface area contributed by atoms with E-state index in [-0.39, 0.29) is 17.3 Å². The van der Waals surface area contributed by atoms with Crippen molar-refractivity contribution >= 4 is 21.8 Å². The molecule has 0 saturated heterocycles. The number of imidazole rings is 1. The molecule has 0 saturated carbocycles. The fraction of sp³-hybridized carbons (Fsp3) is 0.206. The summed E-state index contributed by atoms with van der Waals surface area (Å²) in [6.45, 7) is 4.35. The van der Waals surface area contributed by atoms with Gasteiger partial charge in [-0.05, 0) is 65.2 Å². The zero-order valence-electron chi connectivity index (χ0n) is 25.0. The average Bonchev–Trinajstić information content (AvgIpc) is 3.48. The van der Waals surface area contributed by atoms with Gasteiger partial charge in [0.15, 0.2) is 16.7 Å². The quantitative estimate of drug-likeness (QED) is 0.117. The summed E-state index contributed by atoms with van der Waals surface area (Å²) < 4.78 is 55.5. The van der Waals surface area contributed by atoms with E-state index in [9.17, 15) is 12.8 Å². The second kappa shape index (κ2) is 13.3. The Morgan fingerprint density at radius 3 is 2.18 bits per heavy atom. The summed E-state index contributed by atoms with van der Waals surface area (Å²) in [6, 6.07) is 28.7. The summed E-state index contributed by atoms with van der Waals surface area (Å²) in [5.41, 5.74) is 4.02. The number of hydrogen-bond donors (Lipinski definition) is 1. The van der Waals surface area contributed by atoms with Crippen LogP contribution in [0.4, 0.5) is 4.39 Å². The molecule has 0 radical (unpaired) electrons. The first kappa shape index (κ1) is 31.3. The van der Waals surface area contributed by atoms with Crippen molar-refractivity contribution < 1.29 is 22.3 Å². The van der Waals surface area contributed by atoms with Crippen LogP contribution in [0, 0.1) is 5.82 Å². The number of ether oxygens (including phenoxy) is 2. The molecule has 4 aromatic carbocycles. The maximum atomic E-state index is 13.9. The van der Waals surface area contributed by atoms with Crippen molar-refractivity contribution in [2.24, 2.45) is 0 Å². The fourth-order valence-electron chi connectivity index (χ4n) is 4.95. The molecule has 0 aliphatic rings. The lowest BCUT2D eigenvalue weighted by Gasteiger charge is -2.28. The molecule has 0 atom stereocenters. The molecule has 1 aromatic heterocycles. The minimum absolute atomic E-state index is 0.193. The summed E-state index contributed by atoms with van der Waals surface area (Å²) in [6.07, 6.45) is 1.81. The van der Waals surface area contributed by atoms with Crippen LogP contribution >= 0.6 is 11.8 Å². The highest BCUT2D eigenvalue weighted by molar-refractivity contribution is 7.99. The van der Waals surface area contributed by atoms with E-state index in [0.717, 1.165) is 28.1 Å². The van der Waals surface area contributed by atoms with Crippen LogP contribution in [-0.2, 0) is 15.4 Å². The molecule has 0 bridgehead atoms. The normalized spacial score (nSPS) is 11.8. The summed E-state index contributed by atoms with van der Waals surface area (Å²) >= 11 is 1.41. The van der Waals surface area contributed by atoms with Gasteiger partial charge >= 0.3 is 0 Å². The van der Waals surface area contributed by atoms with E-state index in [4.69, 9.17) is 14.5 Å². The van der Waals surface area contributed by atoms with Gasteiger partial charge in [-0.3, -0.25) is 4.57 Å². The van der Waals surface area contributed by atoms with Crippen molar-refractivity contribution in [3.8, 4) is 28.3 Å². The molecular weight excluding hydrogens is 598 g/mol. The Morgan fingerprint density at radius 2 is 1.52 bits per heavy atom. The molecule has 0 unspecified atom stereocenters. The van der Waals surface area contributed by atoms with Gasteiger partial charge in [-0.1, -0.05) is 74.1 Å². The molecule has 44 heavy (non-hydrogen) atoms. The largest absolute Gasteiger partial charge is 0.493 e. The molecule has 1 N–H and O–H groups in total. The van der Waals surface area contributed by atoms with Gasteiger partial charge in [0.25, 0.3) is 0 Å². The molecule has 0 aliphatic heterocycles. The minimum atomic E-state index is -3.70. The second-order valence-corrected chi connectivity index (χ2v) is 13.4. The lowest BCUT2D eigenvalue weighted by atomic mass is 9.81. The third-order valence-electron chi connectivity index (χ3n) is 7.46. The summed E-state index contributed by atoms with van der Waals surface area (Å²) in [5.74, 6) is 1.33. The molecule has 5 aromatic rings. The number of rotatable bonds is 12. The van der Waals surface area contributed by atoms with Gasteiger partial charge in [0.2, 0.25) is 10.0 Å². The van der Waals surface area contributed by atoms with Crippen LogP contribution in [-0.4, -0.2) is 44.5 Å². The average molecular weight is 632 g/mol. The SMILES string of the molecule is COc1ccc(C(C)(C)c2cnc(SCCNS(=O)(=O)c3ccc(-c4ccccc4)cc3)n2-c2ccc(F)cc2)cc1OC. The minimum Gasteiger partial charge on any atom is -0.493 e. The highest BCUT2D eigenvalue weighted by Crippen LogP contribution is 2.39. The molecular formula is C34H34FN3O4S2. The topological polar surface area (TPSA) is 82.5 Å². The molecule has 0 fully saturated rings. The molecule has 10 heteroatoms. The van der Waals surface area contributed by atoms with Gasteiger partial charge in [0, 0.05) is 23.4 Å². The van der Waals surface area contributed by atoms with Crippen molar-refractivity contribution in [3.63, 3.8) is 0 Å². The van der Waals surface area contributed by atoms with Gasteiger partial charge in [-0.25, -0.2) is 22.5 Å². The fourth-order valence-corrected chi connectivity index (χ4v) is 6.96. The highest BCUT2D eigenvalue weighted by Gasteiger charge is 2.30. The Balaban J connectivity index is 1.35. The van der Waals surface area contributed by atoms with Gasteiger partial charge < -0.3 is 9.47 Å². The van der Waals surface area contributed by atoms with Crippen molar-refractivity contribution in [2.45, 2.75) is 29.3 Å². The predicted molar refractivity (Wildman–Crippen MR) is 173 cm³/mol. The van der Waals surface area contributed by atoms with E-state index in [1.165, 1.54) is 23.9 Å². The maximum Gasteiger partial charge on any atom is 0.240 e. The van der Waals surface area contributed by atoms with Crippen LogP contribution in [0.15, 0.2) is 113 Å². The van der Waals surface area contributed by atoms with Crippen molar-refractivity contribution in [1.29, 1.82) is 0 Å². The Morgan fingerprint density at radius 1 is 0.864 bits per heavy atom. The standard InChI is InChI=1S/C34H34FN3O4S2/c1-34(2,26-12-19-30(41-3)31(22-26)42-4)32-23-36-33(38(32)28-15-13-27(35)14-16-28)43-21-20-37-44(39,40)29-17-10-25(11-18-29)24-8-6-5-7-9-24/h5-19,22-23,37H,20-21H2,1-4H3. The first-order valence-corrected chi connectivity index (χ1v) is 16.5. The van der Waals surface area contributed by atoms with Crippen LogP contribution in [0.2, 0.25) is 0 Å². The first-order valence-electron chi connectivity index (χ1n) is 14.0. The Hall–Kier alpha value is -4.12. The van der Waals surface area contributed by atoms with Crippen LogP contribution < -0.4 is 14.2 Å². The van der Waals surface area contributed by atoms with Crippen LogP contribution in [0.25, 0.3) is 16.8 Å². The lowest BCUT2D eigenvalue weighted by molar-refractivity contribution is 0.353. The highest BCUT2D eigenvalue weighted by atomic mass is 32.2. The number of nitrogens with zero attached hydrogens (tertiary/aromatic N) is 2. The number of sulfonamides is 1. The van der Waals surface area contributed by atoms with Gasteiger partial charge in [0.1, 0.15) is 5.82 Å². The van der Waals surface area contributed by atoms with Crippen molar-refractivity contribution in [3.05, 3.63) is 120 Å². The zero-order chi connectivity index (χ0) is 31.3. The van der Waals surface area contributed by atoms with E-state index in [0.29, 0.717) is 22.4 Å². The third-order valence-corrected chi connectivity index (χ3v) is 9.89. The Kier molecular flexibility index (Phi) is 9.43. The summed E-state index contributed by atoms with van der Waals surface area (Å²) in [7, 11) is -0.509. The van der Waals surface area contributed by atoms with Crippen molar-refractivity contribution in [1.82, 2.24) is 14.3 Å². The lowest BCUT2D eigenvalue weighted by Crippen LogP contribution is -2.26. The molecule has 0 amide bonds. The van der Waals surface area contributed by atoms with E-state index in [1.54, 1.807) is 56.8 Å². The number of aromatic nitrogens is 2. The Labute approximate surface area is 262 Å². The third kappa shape index (κ3) is 6.67. The smallest absolute Gasteiger partial charge is 0.240 e. The van der Waals surface area contributed by atoms with E-state index in [1.807, 2.05) is 53.1 Å². The van der Waals surface area contributed by atoms with Crippen LogP contribution in [0.5, 0.6) is 11.5 Å². The second-order valence-electron chi connectivity index (χ2n) is 10.6. The monoisotopic (exact) mass is 631 g/mol. The molecule has 5 rings (SSSR count). The number of thioether (sulfide) groups is 1. The van der Waals surface area contributed by atoms with E-state index < -0.39 is 15.4 Å². The van der Waals surface area contributed by atoms with Crippen molar-refractivity contribution in [2.75, 3.05) is 26.5 Å². The number of halogens is 1. The molecule has 0 aliphatic carbocycles. The van der Waals surface area contributed by atoms with E-state index in [2.05, 4.69) is 18.6 Å². The number of methoxy groups -OCH3 is 2. The van der Waals surface area contributed by atoms with Gasteiger partial charge in [-0.2, -0.15) is 0 Å². The number of benzene rings is 4. The summed E-state index contributed by atoms with van der Waals surface area (Å²) in [5, 5.41) is 0.659. The molecule has 7 nitrogen and oxygen atoms in total. The maximum absolute atomic E-state index is 13.9. The van der Waals surface area contributed by atoms with E-state index >= 15 is 0 Å². The molecule has 228 valence electrons. The Bertz CT molecular complexity index is 1820.